The number of aliphatic carboxylic acids is 1. The molecule has 9 nitrogen and oxygen atoms in total. The first-order chi connectivity index (χ1) is 13.7. The summed E-state index contributed by atoms with van der Waals surface area (Å²) in [5, 5.41) is 42.4. The Balaban J connectivity index is 1.47. The van der Waals surface area contributed by atoms with Gasteiger partial charge in [0.15, 0.2) is 11.8 Å². The molecule has 0 aromatic carbocycles. The molecule has 0 aliphatic carbocycles. The molecular weight excluding hydrogens is 398 g/mol. The van der Waals surface area contributed by atoms with Crippen LogP contribution in [0.3, 0.4) is 0 Å². The highest BCUT2D eigenvalue weighted by molar-refractivity contribution is 8.03. The topological polar surface area (TPSA) is 146 Å². The lowest BCUT2D eigenvalue weighted by molar-refractivity contribution is -0.163. The Kier molecular flexibility index (Phi) is 5.04. The van der Waals surface area contributed by atoms with Crippen LogP contribution in [0.1, 0.15) is 25.8 Å². The van der Waals surface area contributed by atoms with Crippen molar-refractivity contribution < 1.29 is 30.0 Å². The quantitative estimate of drug-likeness (QED) is 0.365. The molecule has 6 N–H and O–H groups in total. The number of fused-ring (bicyclic) bond motifs is 1. The first kappa shape index (κ1) is 20.1. The number of aromatic hydroxyl groups is 2. The summed E-state index contributed by atoms with van der Waals surface area (Å²) in [6.07, 6.45) is 0.489. The van der Waals surface area contributed by atoms with Crippen LogP contribution in [0.5, 0.6) is 11.8 Å². The Morgan fingerprint density at radius 1 is 1.41 bits per heavy atom. The maximum Gasteiger partial charge on any atom is 0.353 e. The third-order valence-corrected chi connectivity index (χ3v) is 7.63. The lowest BCUT2D eigenvalue weighted by Crippen LogP contribution is -2.63. The lowest BCUT2D eigenvalue weighted by atomic mass is 9.79. The van der Waals surface area contributed by atoms with Crippen LogP contribution in [-0.2, 0) is 16.0 Å². The number of rotatable bonds is 6. The van der Waals surface area contributed by atoms with Gasteiger partial charge in [0.05, 0.1) is 18.1 Å². The third kappa shape index (κ3) is 3.28. The second kappa shape index (κ2) is 7.26. The SMILES string of the molecule is C[C@@H](O)[C@H]1C(=O)N2C(C(=O)O)=C(S[C@@H]3CN[C@H](Cc4cc(O)[nH]c4O)C3)[C@H](C)[C@H]12. The summed E-state index contributed by atoms with van der Waals surface area (Å²) in [7, 11) is 0. The van der Waals surface area contributed by atoms with Gasteiger partial charge in [0, 0.05) is 40.3 Å². The van der Waals surface area contributed by atoms with Gasteiger partial charge in [0.1, 0.15) is 5.70 Å². The van der Waals surface area contributed by atoms with Gasteiger partial charge in [-0.1, -0.05) is 6.92 Å². The van der Waals surface area contributed by atoms with E-state index >= 15 is 0 Å². The van der Waals surface area contributed by atoms with E-state index in [0.29, 0.717) is 23.4 Å². The Hall–Kier alpha value is -2.17. The van der Waals surface area contributed by atoms with E-state index in [1.54, 1.807) is 6.92 Å². The Labute approximate surface area is 171 Å². The highest BCUT2D eigenvalue weighted by Gasteiger charge is 2.60. The van der Waals surface area contributed by atoms with Gasteiger partial charge in [-0.25, -0.2) is 4.79 Å². The monoisotopic (exact) mass is 423 g/mol. The molecule has 0 saturated carbocycles. The van der Waals surface area contributed by atoms with Gasteiger partial charge in [0.25, 0.3) is 0 Å². The number of carbonyl (C=O) groups is 2. The van der Waals surface area contributed by atoms with Crippen LogP contribution in [0, 0.1) is 11.8 Å². The van der Waals surface area contributed by atoms with Crippen LogP contribution >= 0.6 is 11.8 Å². The number of H-pyrrole nitrogens is 1. The summed E-state index contributed by atoms with van der Waals surface area (Å²) in [5.41, 5.74) is 0.672. The lowest BCUT2D eigenvalue weighted by Gasteiger charge is -2.46. The number of nitrogens with one attached hydrogen (secondary N) is 2. The number of hydrogen-bond donors (Lipinski definition) is 6. The zero-order chi connectivity index (χ0) is 21.0. The number of aromatic amines is 1. The largest absolute Gasteiger partial charge is 0.495 e. The van der Waals surface area contributed by atoms with Crippen LogP contribution in [0.25, 0.3) is 0 Å². The van der Waals surface area contributed by atoms with E-state index in [1.807, 2.05) is 6.92 Å². The summed E-state index contributed by atoms with van der Waals surface area (Å²) in [5.74, 6) is -2.28. The zero-order valence-electron chi connectivity index (χ0n) is 16.1. The summed E-state index contributed by atoms with van der Waals surface area (Å²) in [4.78, 5) is 28.8. The van der Waals surface area contributed by atoms with E-state index in [9.17, 15) is 30.0 Å². The summed E-state index contributed by atoms with van der Waals surface area (Å²) in [6.45, 7) is 4.16. The number of carboxylic acids is 1. The van der Waals surface area contributed by atoms with Crippen molar-refractivity contribution in [2.45, 2.75) is 50.1 Å². The molecule has 4 rings (SSSR count). The predicted molar refractivity (Wildman–Crippen MR) is 105 cm³/mol. The van der Waals surface area contributed by atoms with Crippen molar-refractivity contribution in [3.05, 3.63) is 22.2 Å². The number of aromatic nitrogens is 1. The molecule has 1 amide bonds. The van der Waals surface area contributed by atoms with Crippen molar-refractivity contribution in [1.29, 1.82) is 0 Å². The number of β-lactam (4-membered cyclic amide) rings is 1. The minimum absolute atomic E-state index is 0.0473. The highest BCUT2D eigenvalue weighted by atomic mass is 32.2. The molecule has 1 aromatic heterocycles. The number of amides is 1. The second-order valence-corrected chi connectivity index (χ2v) is 9.43. The molecule has 1 aromatic rings. The van der Waals surface area contributed by atoms with Crippen molar-refractivity contribution >= 4 is 23.6 Å². The molecule has 0 radical (unpaired) electrons. The van der Waals surface area contributed by atoms with E-state index in [0.717, 1.165) is 6.42 Å². The molecule has 158 valence electrons. The fourth-order valence-electron chi connectivity index (χ4n) is 4.78. The predicted octanol–water partition coefficient (Wildman–Crippen LogP) is 0.586. The Morgan fingerprint density at radius 2 is 2.14 bits per heavy atom. The zero-order valence-corrected chi connectivity index (χ0v) is 16.9. The van der Waals surface area contributed by atoms with E-state index in [1.165, 1.54) is 22.7 Å². The van der Waals surface area contributed by atoms with Crippen LogP contribution in [0.4, 0.5) is 0 Å². The molecule has 6 atom stereocenters. The smallest absolute Gasteiger partial charge is 0.353 e. The molecule has 2 fully saturated rings. The van der Waals surface area contributed by atoms with Crippen LogP contribution in [0.15, 0.2) is 16.7 Å². The standard InChI is InChI=1S/C19H25N3O6S/c1-7-14-13(8(2)23)18(26)22(14)15(19(27)28)16(7)29-11-5-10(20-6-11)3-9-4-12(24)21-17(9)25/h4,7-8,10-11,13-14,20-21,23-25H,3,5-6H2,1-2H3,(H,27,28)/t7-,8-,10-,11+,13-,14-/m1/s1. The van der Waals surface area contributed by atoms with Crippen molar-refractivity contribution in [3.8, 4) is 11.8 Å². The van der Waals surface area contributed by atoms with E-state index in [2.05, 4.69) is 10.3 Å². The van der Waals surface area contributed by atoms with Gasteiger partial charge >= 0.3 is 5.97 Å². The first-order valence-corrected chi connectivity index (χ1v) is 10.6. The van der Waals surface area contributed by atoms with Gasteiger partial charge in [-0.3, -0.25) is 9.78 Å². The fourth-order valence-corrected chi connectivity index (χ4v) is 6.30. The summed E-state index contributed by atoms with van der Waals surface area (Å²) >= 11 is 1.49. The number of aliphatic hydroxyl groups excluding tert-OH is 1. The number of aliphatic hydroxyl groups is 1. The fraction of sp³-hybridized carbons (Fsp3) is 0.579. The number of carbonyl (C=O) groups excluding carboxylic acids is 1. The van der Waals surface area contributed by atoms with Gasteiger partial charge in [-0.05, 0) is 19.8 Å². The molecule has 3 aliphatic rings. The van der Waals surface area contributed by atoms with Crippen LogP contribution in [-0.4, -0.2) is 72.2 Å². The average molecular weight is 423 g/mol. The van der Waals surface area contributed by atoms with E-state index < -0.39 is 18.0 Å². The number of carboxylic acid groups (broad SMARTS) is 1. The number of hydrogen-bond acceptors (Lipinski definition) is 7. The molecular formula is C19H25N3O6S. The molecule has 0 spiro atoms. The summed E-state index contributed by atoms with van der Waals surface area (Å²) in [6, 6.07) is 1.28. The molecule has 0 unspecified atom stereocenters. The maximum atomic E-state index is 12.4. The van der Waals surface area contributed by atoms with Crippen LogP contribution < -0.4 is 5.32 Å². The van der Waals surface area contributed by atoms with E-state index in [4.69, 9.17) is 0 Å². The minimum atomic E-state index is -1.12. The van der Waals surface area contributed by atoms with Gasteiger partial charge < -0.3 is 30.6 Å². The van der Waals surface area contributed by atoms with Crippen molar-refractivity contribution in [2.24, 2.45) is 11.8 Å². The van der Waals surface area contributed by atoms with Gasteiger partial charge in [-0.2, -0.15) is 0 Å². The van der Waals surface area contributed by atoms with Crippen molar-refractivity contribution in [1.82, 2.24) is 15.2 Å². The van der Waals surface area contributed by atoms with Gasteiger partial charge in [0.2, 0.25) is 5.91 Å². The van der Waals surface area contributed by atoms with Gasteiger partial charge in [-0.15, -0.1) is 11.8 Å². The second-order valence-electron chi connectivity index (χ2n) is 8.09. The van der Waals surface area contributed by atoms with Crippen LogP contribution in [0.2, 0.25) is 0 Å². The van der Waals surface area contributed by atoms with Crippen molar-refractivity contribution in [3.63, 3.8) is 0 Å². The van der Waals surface area contributed by atoms with Crippen molar-refractivity contribution in [2.75, 3.05) is 6.54 Å². The average Bonchev–Trinajstić information content (AvgIpc) is 3.26. The summed E-state index contributed by atoms with van der Waals surface area (Å²) < 4.78 is 0. The molecule has 29 heavy (non-hydrogen) atoms. The number of thioether (sulfide) groups is 1. The normalized spacial score (nSPS) is 32.4. The molecule has 2 saturated heterocycles. The minimum Gasteiger partial charge on any atom is -0.495 e. The Morgan fingerprint density at radius 3 is 2.72 bits per heavy atom. The Bertz CT molecular complexity index is 881. The highest BCUT2D eigenvalue weighted by Crippen LogP contribution is 2.51. The molecule has 10 heteroatoms. The first-order valence-electron chi connectivity index (χ1n) is 9.67. The number of nitrogens with zero attached hydrogens (tertiary/aromatic N) is 1. The maximum absolute atomic E-state index is 12.4. The molecule has 4 heterocycles. The third-order valence-electron chi connectivity index (χ3n) is 6.11. The van der Waals surface area contributed by atoms with E-state index in [-0.39, 0.29) is 46.6 Å². The molecule has 0 bridgehead atoms. The molecule has 3 aliphatic heterocycles.